The SMILES string of the molecule is O=C(O)CC1CSCCN1C(=O)c1csnn1. The van der Waals surface area contributed by atoms with Crippen molar-refractivity contribution in [3.63, 3.8) is 0 Å². The molecule has 0 aliphatic carbocycles. The van der Waals surface area contributed by atoms with E-state index in [0.29, 0.717) is 18.0 Å². The Morgan fingerprint density at radius 2 is 2.41 bits per heavy atom. The van der Waals surface area contributed by atoms with Gasteiger partial charge in [0.1, 0.15) is 0 Å². The number of carbonyl (C=O) groups is 2. The normalized spacial score (nSPS) is 20.2. The number of carboxylic acid groups (broad SMARTS) is 1. The van der Waals surface area contributed by atoms with Crippen LogP contribution in [0.3, 0.4) is 0 Å². The molecule has 0 bridgehead atoms. The summed E-state index contributed by atoms with van der Waals surface area (Å²) in [4.78, 5) is 24.4. The maximum atomic E-state index is 12.1. The zero-order chi connectivity index (χ0) is 12.3. The lowest BCUT2D eigenvalue weighted by Crippen LogP contribution is -2.47. The zero-order valence-electron chi connectivity index (χ0n) is 8.90. The fourth-order valence-electron chi connectivity index (χ4n) is 1.70. The van der Waals surface area contributed by atoms with Crippen LogP contribution in [0, 0.1) is 0 Å². The van der Waals surface area contributed by atoms with Crippen molar-refractivity contribution >= 4 is 35.2 Å². The van der Waals surface area contributed by atoms with E-state index >= 15 is 0 Å². The maximum Gasteiger partial charge on any atom is 0.305 e. The fourth-order valence-corrected chi connectivity index (χ4v) is 3.19. The molecule has 8 heteroatoms. The summed E-state index contributed by atoms with van der Waals surface area (Å²) in [6.07, 6.45) is -0.0176. The predicted molar refractivity (Wildman–Crippen MR) is 64.3 cm³/mol. The lowest BCUT2D eigenvalue weighted by Gasteiger charge is -2.34. The molecule has 1 atom stereocenters. The van der Waals surface area contributed by atoms with Crippen molar-refractivity contribution in [2.24, 2.45) is 0 Å². The lowest BCUT2D eigenvalue weighted by atomic mass is 10.2. The Labute approximate surface area is 106 Å². The molecule has 1 N–H and O–H groups in total. The molecule has 1 aliphatic heterocycles. The third-order valence-electron chi connectivity index (χ3n) is 2.48. The van der Waals surface area contributed by atoms with Gasteiger partial charge in [-0.25, -0.2) is 0 Å². The molecular formula is C9H11N3O3S2. The number of hydrogen-bond donors (Lipinski definition) is 1. The van der Waals surface area contributed by atoms with Gasteiger partial charge in [0.15, 0.2) is 5.69 Å². The molecule has 0 spiro atoms. The number of carboxylic acids is 1. The van der Waals surface area contributed by atoms with Crippen molar-refractivity contribution < 1.29 is 14.7 Å². The number of hydrogen-bond acceptors (Lipinski definition) is 6. The van der Waals surface area contributed by atoms with Crippen LogP contribution in [0.15, 0.2) is 5.38 Å². The number of carbonyl (C=O) groups excluding carboxylic acids is 1. The number of amides is 1. The van der Waals surface area contributed by atoms with Crippen LogP contribution in [0.4, 0.5) is 0 Å². The highest BCUT2D eigenvalue weighted by Crippen LogP contribution is 2.21. The van der Waals surface area contributed by atoms with Gasteiger partial charge in [-0.3, -0.25) is 9.59 Å². The van der Waals surface area contributed by atoms with Crippen LogP contribution < -0.4 is 0 Å². The van der Waals surface area contributed by atoms with E-state index in [4.69, 9.17) is 5.11 Å². The minimum atomic E-state index is -0.883. The topological polar surface area (TPSA) is 83.4 Å². The lowest BCUT2D eigenvalue weighted by molar-refractivity contribution is -0.138. The molecule has 1 aromatic rings. The van der Waals surface area contributed by atoms with E-state index in [-0.39, 0.29) is 18.4 Å². The van der Waals surface area contributed by atoms with Crippen LogP contribution in [-0.4, -0.2) is 55.6 Å². The second-order valence-corrected chi connectivity index (χ2v) is 5.37. The molecule has 1 aromatic heterocycles. The van der Waals surface area contributed by atoms with E-state index in [9.17, 15) is 9.59 Å². The van der Waals surface area contributed by atoms with E-state index in [0.717, 1.165) is 17.3 Å². The van der Waals surface area contributed by atoms with Crippen molar-refractivity contribution in [2.75, 3.05) is 18.1 Å². The first-order valence-electron chi connectivity index (χ1n) is 5.06. The van der Waals surface area contributed by atoms with Gasteiger partial charge in [-0.15, -0.1) is 5.10 Å². The summed E-state index contributed by atoms with van der Waals surface area (Å²) in [5.41, 5.74) is 0.303. The van der Waals surface area contributed by atoms with Gasteiger partial charge in [0.2, 0.25) is 0 Å². The van der Waals surface area contributed by atoms with E-state index in [2.05, 4.69) is 9.59 Å². The second-order valence-electron chi connectivity index (χ2n) is 3.62. The molecule has 2 rings (SSSR count). The molecule has 1 fully saturated rings. The van der Waals surface area contributed by atoms with Gasteiger partial charge in [-0.05, 0) is 11.5 Å². The number of rotatable bonds is 3. The van der Waals surface area contributed by atoms with Crippen molar-refractivity contribution in [1.82, 2.24) is 14.5 Å². The highest BCUT2D eigenvalue weighted by molar-refractivity contribution is 7.99. The summed E-state index contributed by atoms with van der Waals surface area (Å²) in [5.74, 6) is 0.395. The van der Waals surface area contributed by atoms with Crippen molar-refractivity contribution in [2.45, 2.75) is 12.5 Å². The van der Waals surface area contributed by atoms with Crippen LogP contribution in [0.2, 0.25) is 0 Å². The molecule has 17 heavy (non-hydrogen) atoms. The molecule has 2 heterocycles. The fraction of sp³-hybridized carbons (Fsp3) is 0.556. The van der Waals surface area contributed by atoms with E-state index in [1.807, 2.05) is 0 Å². The van der Waals surface area contributed by atoms with Gasteiger partial charge in [-0.2, -0.15) is 11.8 Å². The first-order valence-corrected chi connectivity index (χ1v) is 7.05. The summed E-state index contributed by atoms with van der Waals surface area (Å²) < 4.78 is 3.65. The molecule has 1 unspecified atom stereocenters. The molecule has 0 aromatic carbocycles. The zero-order valence-corrected chi connectivity index (χ0v) is 10.5. The standard InChI is InChI=1S/C9H11N3O3S2/c13-8(14)3-6-4-16-2-1-12(6)9(15)7-5-17-11-10-7/h5-6H,1-4H2,(H,13,14). The quantitative estimate of drug-likeness (QED) is 0.867. The average molecular weight is 273 g/mol. The molecule has 0 radical (unpaired) electrons. The van der Waals surface area contributed by atoms with Gasteiger partial charge in [0, 0.05) is 23.4 Å². The minimum absolute atomic E-state index is 0.0176. The molecule has 6 nitrogen and oxygen atoms in total. The second kappa shape index (κ2) is 5.46. The number of aliphatic carboxylic acids is 1. The highest BCUT2D eigenvalue weighted by Gasteiger charge is 2.30. The third-order valence-corrected chi connectivity index (χ3v) is 4.07. The summed E-state index contributed by atoms with van der Waals surface area (Å²) in [5, 5.41) is 14.1. The van der Waals surface area contributed by atoms with Gasteiger partial charge >= 0.3 is 5.97 Å². The van der Waals surface area contributed by atoms with Crippen LogP contribution >= 0.6 is 23.3 Å². The summed E-state index contributed by atoms with van der Waals surface area (Å²) >= 11 is 2.79. The van der Waals surface area contributed by atoms with Gasteiger partial charge in [0.25, 0.3) is 5.91 Å². The highest BCUT2D eigenvalue weighted by atomic mass is 32.2. The summed E-state index contributed by atoms with van der Waals surface area (Å²) in [6, 6.07) is -0.250. The molecular weight excluding hydrogens is 262 g/mol. The summed E-state index contributed by atoms with van der Waals surface area (Å²) in [7, 11) is 0. The number of thioether (sulfide) groups is 1. The van der Waals surface area contributed by atoms with Crippen LogP contribution in [0.1, 0.15) is 16.9 Å². The first kappa shape index (κ1) is 12.3. The third kappa shape index (κ3) is 2.95. The number of aromatic nitrogens is 2. The van der Waals surface area contributed by atoms with E-state index < -0.39 is 5.97 Å². The number of nitrogens with zero attached hydrogens (tertiary/aromatic N) is 3. The van der Waals surface area contributed by atoms with Gasteiger partial charge in [0.05, 0.1) is 12.5 Å². The Morgan fingerprint density at radius 3 is 3.06 bits per heavy atom. The van der Waals surface area contributed by atoms with Gasteiger partial charge in [-0.1, -0.05) is 4.49 Å². The van der Waals surface area contributed by atoms with Crippen LogP contribution in [0.25, 0.3) is 0 Å². The van der Waals surface area contributed by atoms with Crippen molar-refractivity contribution in [1.29, 1.82) is 0 Å². The average Bonchev–Trinajstić information content (AvgIpc) is 2.81. The van der Waals surface area contributed by atoms with Crippen LogP contribution in [0.5, 0.6) is 0 Å². The van der Waals surface area contributed by atoms with Crippen molar-refractivity contribution in [3.8, 4) is 0 Å². The van der Waals surface area contributed by atoms with Crippen LogP contribution in [-0.2, 0) is 4.79 Å². The molecule has 1 aliphatic rings. The Balaban J connectivity index is 2.10. The van der Waals surface area contributed by atoms with E-state index in [1.165, 1.54) is 0 Å². The maximum absolute atomic E-state index is 12.1. The predicted octanol–water partition coefficient (Wildman–Crippen LogP) is 0.570. The van der Waals surface area contributed by atoms with Gasteiger partial charge < -0.3 is 10.0 Å². The monoisotopic (exact) mass is 273 g/mol. The first-order chi connectivity index (χ1) is 8.18. The molecule has 0 saturated carbocycles. The van der Waals surface area contributed by atoms with Crippen molar-refractivity contribution in [3.05, 3.63) is 11.1 Å². The molecule has 1 saturated heterocycles. The Hall–Kier alpha value is -1.15. The smallest absolute Gasteiger partial charge is 0.305 e. The Kier molecular flexibility index (Phi) is 3.95. The molecule has 92 valence electrons. The minimum Gasteiger partial charge on any atom is -0.481 e. The van der Waals surface area contributed by atoms with E-state index in [1.54, 1.807) is 22.0 Å². The Morgan fingerprint density at radius 1 is 1.59 bits per heavy atom. The largest absolute Gasteiger partial charge is 0.481 e. The Bertz CT molecular complexity index is 410. The molecule has 1 amide bonds. The summed E-state index contributed by atoms with van der Waals surface area (Å²) in [6.45, 7) is 0.568.